The van der Waals surface area contributed by atoms with Gasteiger partial charge in [-0.25, -0.2) is 25.6 Å². The number of hydrogen-bond donors (Lipinski definition) is 0. The molecule has 2 rings (SSSR count). The Bertz CT molecular complexity index is 1090. The summed E-state index contributed by atoms with van der Waals surface area (Å²) in [5.41, 5.74) is -0.754. The number of rotatable bonds is 5. The van der Waals surface area contributed by atoms with Gasteiger partial charge in [-0.2, -0.15) is 0 Å². The zero-order valence-corrected chi connectivity index (χ0v) is 15.1. The summed E-state index contributed by atoms with van der Waals surface area (Å²) < 4.78 is 76.2. The normalized spacial score (nSPS) is 12.3. The highest BCUT2D eigenvalue weighted by molar-refractivity contribution is 8.04. The Kier molecular flexibility index (Phi) is 5.33. The maximum absolute atomic E-state index is 13.3. The molecule has 26 heavy (non-hydrogen) atoms. The van der Waals surface area contributed by atoms with Crippen LogP contribution in [0, 0.1) is 21.7 Å². The summed E-state index contributed by atoms with van der Waals surface area (Å²) in [5.74, 6) is -2.45. The highest BCUT2D eigenvalue weighted by atomic mass is 35.5. The van der Waals surface area contributed by atoms with Crippen LogP contribution in [0.25, 0.3) is 0 Å². The van der Waals surface area contributed by atoms with Crippen molar-refractivity contribution in [2.24, 2.45) is 0 Å². The number of nitro benzene ring substituents is 1. The Morgan fingerprint density at radius 3 is 1.96 bits per heavy atom. The summed E-state index contributed by atoms with van der Waals surface area (Å²) in [6, 6.07) is 3.65. The quantitative estimate of drug-likeness (QED) is 0.536. The van der Waals surface area contributed by atoms with Crippen LogP contribution in [0.2, 0.25) is 5.02 Å². The van der Waals surface area contributed by atoms with E-state index in [4.69, 9.17) is 11.6 Å². The van der Waals surface area contributed by atoms with Gasteiger partial charge in [-0.3, -0.25) is 10.1 Å². The van der Waals surface area contributed by atoms with Crippen molar-refractivity contribution in [1.82, 2.24) is 3.71 Å². The topological polar surface area (TPSA) is 115 Å². The van der Waals surface area contributed by atoms with E-state index in [2.05, 4.69) is 0 Å². The van der Waals surface area contributed by atoms with Crippen molar-refractivity contribution in [3.8, 4) is 0 Å². The third-order valence-corrected chi connectivity index (χ3v) is 7.76. The fourth-order valence-electron chi connectivity index (χ4n) is 1.90. The zero-order chi connectivity index (χ0) is 19.9. The lowest BCUT2D eigenvalue weighted by molar-refractivity contribution is -0.384. The summed E-state index contributed by atoms with van der Waals surface area (Å²) in [7, 11) is -9.04. The Hall–Kier alpha value is -2.15. The Morgan fingerprint density at radius 2 is 1.46 bits per heavy atom. The third-order valence-electron chi connectivity index (χ3n) is 3.22. The van der Waals surface area contributed by atoms with Gasteiger partial charge in [0.25, 0.3) is 25.7 Å². The van der Waals surface area contributed by atoms with E-state index in [1.165, 1.54) is 0 Å². The van der Waals surface area contributed by atoms with Gasteiger partial charge < -0.3 is 0 Å². The first-order valence-electron chi connectivity index (χ1n) is 6.51. The largest absolute Gasteiger partial charge is 0.289 e. The second-order valence-corrected chi connectivity index (χ2v) is 9.44. The van der Waals surface area contributed by atoms with E-state index in [0.717, 1.165) is 12.1 Å². The molecule has 13 heteroatoms. The maximum atomic E-state index is 13.3. The third kappa shape index (κ3) is 3.67. The average molecular weight is 427 g/mol. The van der Waals surface area contributed by atoms with Crippen LogP contribution in [0.3, 0.4) is 0 Å². The zero-order valence-electron chi connectivity index (χ0n) is 12.8. The van der Waals surface area contributed by atoms with Crippen molar-refractivity contribution >= 4 is 37.3 Å². The van der Waals surface area contributed by atoms with Gasteiger partial charge in [0.2, 0.25) is 0 Å². The summed E-state index contributed by atoms with van der Waals surface area (Å²) >= 11 is 5.59. The van der Waals surface area contributed by atoms with Crippen molar-refractivity contribution in [3.63, 3.8) is 0 Å². The maximum Gasteiger partial charge on any atom is 0.289 e. The lowest BCUT2D eigenvalue weighted by Crippen LogP contribution is -2.33. The van der Waals surface area contributed by atoms with E-state index < -0.39 is 52.1 Å². The molecule has 0 bridgehead atoms. The molecule has 0 spiro atoms. The minimum absolute atomic E-state index is 0.138. The summed E-state index contributed by atoms with van der Waals surface area (Å²) in [5, 5.41) is 10.5. The molecule has 0 aliphatic carbocycles. The molecule has 0 saturated carbocycles. The van der Waals surface area contributed by atoms with Gasteiger partial charge in [0, 0.05) is 19.2 Å². The number of hydrogen-bond acceptors (Lipinski definition) is 6. The van der Waals surface area contributed by atoms with E-state index >= 15 is 0 Å². The molecule has 0 saturated heterocycles. The predicted octanol–water partition coefficient (Wildman–Crippen LogP) is 2.54. The van der Waals surface area contributed by atoms with Crippen LogP contribution in [0.4, 0.5) is 14.5 Å². The lowest BCUT2D eigenvalue weighted by atomic mass is 10.3. The number of sulfonamides is 2. The molecule has 0 heterocycles. The molecule has 0 aliphatic heterocycles. The molecule has 0 N–H and O–H groups in total. The number of halogens is 3. The second-order valence-electron chi connectivity index (χ2n) is 4.87. The van der Waals surface area contributed by atoms with Crippen molar-refractivity contribution in [2.75, 3.05) is 7.05 Å². The highest BCUT2D eigenvalue weighted by Crippen LogP contribution is 2.30. The van der Waals surface area contributed by atoms with Gasteiger partial charge in [-0.15, -0.1) is 0 Å². The van der Waals surface area contributed by atoms with Crippen LogP contribution < -0.4 is 0 Å². The summed E-state index contributed by atoms with van der Waals surface area (Å²) in [6.45, 7) is 0. The van der Waals surface area contributed by atoms with Crippen molar-refractivity contribution in [2.45, 2.75) is 9.79 Å². The van der Waals surface area contributed by atoms with Crippen molar-refractivity contribution in [3.05, 3.63) is 63.2 Å². The fraction of sp³-hybridized carbons (Fsp3) is 0.0769. The first-order chi connectivity index (χ1) is 11.9. The van der Waals surface area contributed by atoms with E-state index in [1.54, 1.807) is 0 Å². The van der Waals surface area contributed by atoms with Gasteiger partial charge in [-0.1, -0.05) is 15.3 Å². The SMILES string of the molecule is CN(S(=O)(=O)c1cc(F)cc(F)c1)S(=O)(=O)c1ccc(Cl)c([N+](=O)[O-])c1. The molecule has 0 atom stereocenters. The molecule has 0 fully saturated rings. The average Bonchev–Trinajstić information content (AvgIpc) is 2.53. The Morgan fingerprint density at radius 1 is 0.962 bits per heavy atom. The molecule has 8 nitrogen and oxygen atoms in total. The van der Waals surface area contributed by atoms with E-state index in [1.807, 2.05) is 0 Å². The van der Waals surface area contributed by atoms with Gasteiger partial charge in [0.05, 0.1) is 14.7 Å². The number of nitrogens with zero attached hydrogens (tertiary/aromatic N) is 2. The molecule has 0 amide bonds. The van der Waals surface area contributed by atoms with Crippen LogP contribution in [0.5, 0.6) is 0 Å². The first kappa shape index (κ1) is 20.2. The van der Waals surface area contributed by atoms with E-state index in [0.29, 0.717) is 31.3 Å². The molecular weight excluding hydrogens is 418 g/mol. The van der Waals surface area contributed by atoms with Gasteiger partial charge in [0.1, 0.15) is 16.7 Å². The molecule has 0 unspecified atom stereocenters. The smallest absolute Gasteiger partial charge is 0.258 e. The Labute approximate surface area is 151 Å². The molecule has 2 aromatic carbocycles. The van der Waals surface area contributed by atoms with Crippen LogP contribution in [-0.2, 0) is 20.0 Å². The highest BCUT2D eigenvalue weighted by Gasteiger charge is 2.34. The van der Waals surface area contributed by atoms with E-state index in [9.17, 15) is 35.7 Å². The molecule has 2 aromatic rings. The minimum atomic E-state index is -4.87. The monoisotopic (exact) mass is 426 g/mol. The molecular formula is C13H9ClF2N2O6S2. The van der Waals surface area contributed by atoms with Gasteiger partial charge in [-0.05, 0) is 24.3 Å². The Balaban J connectivity index is 2.58. The minimum Gasteiger partial charge on any atom is -0.258 e. The second kappa shape index (κ2) is 6.87. The predicted molar refractivity (Wildman–Crippen MR) is 86.6 cm³/mol. The van der Waals surface area contributed by atoms with Crippen molar-refractivity contribution < 1.29 is 30.5 Å². The van der Waals surface area contributed by atoms with Crippen LogP contribution in [-0.4, -0.2) is 32.5 Å². The summed E-state index contributed by atoms with van der Waals surface area (Å²) in [6.07, 6.45) is 0. The lowest BCUT2D eigenvalue weighted by Gasteiger charge is -2.17. The molecule has 0 aliphatic rings. The standard InChI is InChI=1S/C13H9ClF2N2O6S2/c1-17(26(23,24)11-5-8(15)4-9(16)6-11)25(21,22)10-2-3-12(14)13(7-10)18(19)20/h2-7H,1H3. The first-order valence-corrected chi connectivity index (χ1v) is 9.77. The fourth-order valence-corrected chi connectivity index (χ4v) is 5.25. The molecule has 0 aromatic heterocycles. The van der Waals surface area contributed by atoms with Gasteiger partial charge in [0.15, 0.2) is 0 Å². The number of nitro groups is 1. The van der Waals surface area contributed by atoms with Gasteiger partial charge >= 0.3 is 0 Å². The van der Waals surface area contributed by atoms with E-state index in [-0.39, 0.29) is 8.73 Å². The summed E-state index contributed by atoms with van der Waals surface area (Å²) in [4.78, 5) is 8.25. The van der Waals surface area contributed by atoms with Crippen LogP contribution in [0.15, 0.2) is 46.2 Å². The van der Waals surface area contributed by atoms with Crippen LogP contribution in [0.1, 0.15) is 0 Å². The van der Waals surface area contributed by atoms with Crippen LogP contribution >= 0.6 is 11.6 Å². The molecule has 0 radical (unpaired) electrons. The number of benzene rings is 2. The van der Waals surface area contributed by atoms with Crippen molar-refractivity contribution in [1.29, 1.82) is 0 Å². The molecule has 140 valence electrons.